The minimum atomic E-state index is -3.98. The zero-order valence-corrected chi connectivity index (χ0v) is 19.7. The molecule has 0 fully saturated rings. The highest BCUT2D eigenvalue weighted by molar-refractivity contribution is 7.92. The van der Waals surface area contributed by atoms with E-state index < -0.39 is 15.9 Å². The average molecular weight is 473 g/mol. The number of methoxy groups -OCH3 is 1. The fourth-order valence-electron chi connectivity index (χ4n) is 3.17. The van der Waals surface area contributed by atoms with Crippen LogP contribution in [0.25, 0.3) is 0 Å². The molecule has 0 spiro atoms. The molecule has 0 saturated heterocycles. The zero-order valence-electron chi connectivity index (χ0n) is 18.1. The van der Waals surface area contributed by atoms with Gasteiger partial charge in [-0.1, -0.05) is 41.4 Å². The third kappa shape index (κ3) is 5.60. The molecule has 0 aliphatic heterocycles. The Morgan fingerprint density at radius 3 is 2.25 bits per heavy atom. The molecule has 0 heterocycles. The number of hydrogen-bond donors (Lipinski definition) is 1. The van der Waals surface area contributed by atoms with Crippen molar-refractivity contribution in [3.05, 3.63) is 88.4 Å². The molecular formula is C24H25ClN2O4S. The van der Waals surface area contributed by atoms with Crippen molar-refractivity contribution in [3.8, 4) is 5.75 Å². The summed E-state index contributed by atoms with van der Waals surface area (Å²) in [6.45, 7) is 3.54. The molecule has 1 amide bonds. The first-order valence-electron chi connectivity index (χ1n) is 9.96. The van der Waals surface area contributed by atoms with E-state index >= 15 is 0 Å². The van der Waals surface area contributed by atoms with E-state index in [4.69, 9.17) is 16.3 Å². The zero-order chi connectivity index (χ0) is 23.3. The Balaban J connectivity index is 1.86. The summed E-state index contributed by atoms with van der Waals surface area (Å²) < 4.78 is 33.2. The Kier molecular flexibility index (Phi) is 7.43. The van der Waals surface area contributed by atoms with Crippen molar-refractivity contribution in [1.29, 1.82) is 0 Å². The number of carbonyl (C=O) groups excluding carboxylic acids is 1. The minimum absolute atomic E-state index is 0.111. The Hall–Kier alpha value is -3.03. The predicted molar refractivity (Wildman–Crippen MR) is 127 cm³/mol. The van der Waals surface area contributed by atoms with Crippen molar-refractivity contribution in [2.75, 3.05) is 18.0 Å². The molecule has 0 aliphatic carbocycles. The number of ether oxygens (including phenoxy) is 1. The van der Waals surface area contributed by atoms with E-state index in [1.54, 1.807) is 56.5 Å². The van der Waals surface area contributed by atoms with E-state index in [0.717, 1.165) is 15.4 Å². The van der Waals surface area contributed by atoms with Crippen LogP contribution >= 0.6 is 11.6 Å². The van der Waals surface area contributed by atoms with E-state index in [1.165, 1.54) is 12.1 Å². The van der Waals surface area contributed by atoms with Gasteiger partial charge in [0.05, 0.1) is 17.7 Å². The number of carbonyl (C=O) groups is 1. The number of anilines is 1. The quantitative estimate of drug-likeness (QED) is 0.524. The third-order valence-electron chi connectivity index (χ3n) is 4.97. The largest absolute Gasteiger partial charge is 0.497 e. The monoisotopic (exact) mass is 472 g/mol. The molecule has 0 bridgehead atoms. The molecule has 6 nitrogen and oxygen atoms in total. The number of amides is 1. The molecule has 0 radical (unpaired) electrons. The fourth-order valence-corrected chi connectivity index (χ4v) is 4.88. The first kappa shape index (κ1) is 23.6. The van der Waals surface area contributed by atoms with Gasteiger partial charge < -0.3 is 10.1 Å². The summed E-state index contributed by atoms with van der Waals surface area (Å²) in [6, 6.07) is 18.7. The first-order chi connectivity index (χ1) is 15.2. The van der Waals surface area contributed by atoms with Gasteiger partial charge in [-0.25, -0.2) is 8.42 Å². The Labute approximate surface area is 193 Å². The van der Waals surface area contributed by atoms with Gasteiger partial charge in [-0.3, -0.25) is 9.10 Å². The molecular weight excluding hydrogens is 448 g/mol. The first-order valence-corrected chi connectivity index (χ1v) is 11.8. The summed E-state index contributed by atoms with van der Waals surface area (Å²) in [5, 5.41) is 3.28. The third-order valence-corrected chi connectivity index (χ3v) is 6.98. The topological polar surface area (TPSA) is 75.7 Å². The molecule has 0 aliphatic rings. The van der Waals surface area contributed by atoms with E-state index in [9.17, 15) is 13.2 Å². The maximum absolute atomic E-state index is 13.5. The molecule has 0 saturated carbocycles. The number of aryl methyl sites for hydroxylation is 2. The second-order valence-corrected chi connectivity index (χ2v) is 9.68. The van der Waals surface area contributed by atoms with Gasteiger partial charge in [0.2, 0.25) is 5.91 Å². The van der Waals surface area contributed by atoms with Crippen molar-refractivity contribution >= 4 is 33.2 Å². The maximum Gasteiger partial charge on any atom is 0.264 e. The van der Waals surface area contributed by atoms with E-state index in [1.807, 2.05) is 19.1 Å². The van der Waals surface area contributed by atoms with E-state index in [-0.39, 0.29) is 18.0 Å². The van der Waals surface area contributed by atoms with Crippen LogP contribution < -0.4 is 14.4 Å². The van der Waals surface area contributed by atoms with Crippen molar-refractivity contribution in [2.24, 2.45) is 0 Å². The van der Waals surface area contributed by atoms with Crippen LogP contribution in [0.15, 0.2) is 71.6 Å². The highest BCUT2D eigenvalue weighted by Crippen LogP contribution is 2.29. The molecule has 3 aromatic rings. The lowest BCUT2D eigenvalue weighted by Crippen LogP contribution is -2.41. The van der Waals surface area contributed by atoms with Crippen LogP contribution in [0, 0.1) is 13.8 Å². The van der Waals surface area contributed by atoms with Crippen molar-refractivity contribution < 1.29 is 17.9 Å². The highest BCUT2D eigenvalue weighted by atomic mass is 35.5. The molecule has 0 atom stereocenters. The fraction of sp³-hybridized carbons (Fsp3) is 0.208. The highest BCUT2D eigenvalue weighted by Gasteiger charge is 2.28. The van der Waals surface area contributed by atoms with Crippen molar-refractivity contribution in [2.45, 2.75) is 25.3 Å². The van der Waals surface area contributed by atoms with Crippen molar-refractivity contribution in [1.82, 2.24) is 5.32 Å². The standard InChI is InChI=1S/C24H25ClN2O4S/c1-17-4-11-22(12-5-17)32(29,30)27(23-13-8-20(25)14-18(23)2)16-24(28)26-15-19-6-9-21(31-3)10-7-19/h4-14H,15-16H2,1-3H3,(H,26,28). The molecule has 1 N–H and O–H groups in total. The van der Waals surface area contributed by atoms with Crippen LogP contribution in [0.1, 0.15) is 16.7 Å². The van der Waals surface area contributed by atoms with Gasteiger partial charge in [0.15, 0.2) is 0 Å². The van der Waals surface area contributed by atoms with E-state index in [2.05, 4.69) is 5.32 Å². The van der Waals surface area contributed by atoms with Crippen LogP contribution in [-0.4, -0.2) is 28.0 Å². The predicted octanol–water partition coefficient (Wildman–Crippen LogP) is 4.48. The summed E-state index contributed by atoms with van der Waals surface area (Å²) in [7, 11) is -2.40. The number of sulfonamides is 1. The molecule has 3 rings (SSSR count). The lowest BCUT2D eigenvalue weighted by Gasteiger charge is -2.26. The van der Waals surface area contributed by atoms with Crippen LogP contribution in [0.5, 0.6) is 5.75 Å². The smallest absolute Gasteiger partial charge is 0.264 e. The second kappa shape index (κ2) is 10.1. The summed E-state index contributed by atoms with van der Waals surface area (Å²) in [4.78, 5) is 12.9. The van der Waals surface area contributed by atoms with Gasteiger partial charge in [-0.15, -0.1) is 0 Å². The van der Waals surface area contributed by atoms with Crippen LogP contribution in [0.3, 0.4) is 0 Å². The molecule has 0 unspecified atom stereocenters. The van der Waals surface area contributed by atoms with Gasteiger partial charge in [0.25, 0.3) is 10.0 Å². The van der Waals surface area contributed by atoms with Crippen LogP contribution in [0.4, 0.5) is 5.69 Å². The van der Waals surface area contributed by atoms with Gasteiger partial charge in [-0.2, -0.15) is 0 Å². The maximum atomic E-state index is 13.5. The molecule has 32 heavy (non-hydrogen) atoms. The van der Waals surface area contributed by atoms with Gasteiger partial charge in [0.1, 0.15) is 12.3 Å². The number of benzene rings is 3. The molecule has 168 valence electrons. The Morgan fingerprint density at radius 1 is 1.00 bits per heavy atom. The molecule has 0 aromatic heterocycles. The molecule has 3 aromatic carbocycles. The Bertz CT molecular complexity index is 1190. The minimum Gasteiger partial charge on any atom is -0.497 e. The van der Waals surface area contributed by atoms with E-state index in [0.29, 0.717) is 22.0 Å². The summed E-state index contributed by atoms with van der Waals surface area (Å²) in [5.74, 6) is 0.291. The lowest BCUT2D eigenvalue weighted by molar-refractivity contribution is -0.119. The number of nitrogens with one attached hydrogen (secondary N) is 1. The summed E-state index contributed by atoms with van der Waals surface area (Å²) in [6.07, 6.45) is 0. The van der Waals surface area contributed by atoms with Gasteiger partial charge >= 0.3 is 0 Å². The number of halogens is 1. The number of hydrogen-bond acceptors (Lipinski definition) is 4. The normalized spacial score (nSPS) is 11.1. The lowest BCUT2D eigenvalue weighted by atomic mass is 10.2. The van der Waals surface area contributed by atoms with Crippen LogP contribution in [0.2, 0.25) is 5.02 Å². The number of nitrogens with zero attached hydrogens (tertiary/aromatic N) is 1. The van der Waals surface area contributed by atoms with Gasteiger partial charge in [-0.05, 0) is 67.4 Å². The molecule has 8 heteroatoms. The average Bonchev–Trinajstić information content (AvgIpc) is 2.77. The van der Waals surface area contributed by atoms with Gasteiger partial charge in [0, 0.05) is 11.6 Å². The second-order valence-electron chi connectivity index (χ2n) is 7.38. The Morgan fingerprint density at radius 2 is 1.66 bits per heavy atom. The summed E-state index contributed by atoms with van der Waals surface area (Å²) >= 11 is 6.06. The van der Waals surface area contributed by atoms with Crippen LogP contribution in [-0.2, 0) is 21.4 Å². The number of rotatable bonds is 8. The SMILES string of the molecule is COc1ccc(CNC(=O)CN(c2ccc(Cl)cc2C)S(=O)(=O)c2ccc(C)cc2)cc1. The summed E-state index contributed by atoms with van der Waals surface area (Å²) in [5.41, 5.74) is 2.86. The van der Waals surface area contributed by atoms with Crippen molar-refractivity contribution in [3.63, 3.8) is 0 Å².